The first kappa shape index (κ1) is 70.9. The van der Waals surface area contributed by atoms with Crippen LogP contribution in [0.2, 0.25) is 0 Å². The molecule has 2 N–H and O–H groups in total. The second kappa shape index (κ2) is 38.5. The minimum Gasteiger partial charge on any atom is -0.393 e. The van der Waals surface area contributed by atoms with Crippen LogP contribution >= 0.6 is 0 Å². The molecule has 3 heteroatoms. The summed E-state index contributed by atoms with van der Waals surface area (Å²) in [5, 5.41) is 19.4. The molecule has 0 aromatic rings. The van der Waals surface area contributed by atoms with Crippen LogP contribution in [0.3, 0.4) is 0 Å². The first-order valence-corrected chi connectivity index (χ1v) is 33.1. The molecule has 1 saturated heterocycles. The molecule has 8 aliphatic rings. The first-order valence-electron chi connectivity index (χ1n) is 33.1. The number of aliphatic hydroxyl groups excluding tert-OH is 2. The van der Waals surface area contributed by atoms with Crippen molar-refractivity contribution in [3.63, 3.8) is 0 Å². The van der Waals surface area contributed by atoms with E-state index in [1.807, 2.05) is 0 Å². The Labute approximate surface area is 462 Å². The second-order valence-corrected chi connectivity index (χ2v) is 31.1. The van der Waals surface area contributed by atoms with Gasteiger partial charge in [-0.3, -0.25) is 0 Å². The van der Waals surface area contributed by atoms with Crippen molar-refractivity contribution >= 4 is 0 Å². The van der Waals surface area contributed by atoms with Crippen molar-refractivity contribution in [3.8, 4) is 0 Å². The molecule has 7 saturated carbocycles. The van der Waals surface area contributed by atoms with Gasteiger partial charge in [0.15, 0.2) is 0 Å². The van der Waals surface area contributed by atoms with Crippen LogP contribution in [0, 0.1) is 87.3 Å². The van der Waals surface area contributed by atoms with E-state index in [0.29, 0.717) is 34.7 Å². The molecule has 0 aromatic heterocycles. The molecule has 1 heterocycles. The Balaban J connectivity index is 0.000000420. The summed E-state index contributed by atoms with van der Waals surface area (Å²) < 4.78 is 5.41. The SMILES string of the molecule is CC(C)(C)C(O)C1CCCCC1.CC(C)(C)CC1CCCC1.CC(C)(C)CC1CCCCC1.CC(C)C1CC1.CC(C)C1CCCC1.CC(C)C1CCCC1O.CC(C)C1CCCCC1.CC(C)C1CCCO1. The van der Waals surface area contributed by atoms with Crippen LogP contribution in [0.1, 0.15) is 337 Å². The van der Waals surface area contributed by atoms with Gasteiger partial charge in [0, 0.05) is 6.61 Å². The number of hydrogen-bond acceptors (Lipinski definition) is 3. The highest BCUT2D eigenvalue weighted by Crippen LogP contribution is 2.38. The van der Waals surface area contributed by atoms with Crippen molar-refractivity contribution in [1.29, 1.82) is 0 Å². The van der Waals surface area contributed by atoms with Crippen molar-refractivity contribution < 1.29 is 14.9 Å². The number of ether oxygens (including phenoxy) is 1. The summed E-state index contributed by atoms with van der Waals surface area (Å²) in [7, 11) is 0. The van der Waals surface area contributed by atoms with E-state index in [1.54, 1.807) is 0 Å². The first-order chi connectivity index (χ1) is 34.1. The fraction of sp³-hybridized carbons (Fsp3) is 1.00. The van der Waals surface area contributed by atoms with Crippen LogP contribution in [0.5, 0.6) is 0 Å². The van der Waals surface area contributed by atoms with E-state index in [2.05, 4.69) is 132 Å². The highest BCUT2D eigenvalue weighted by atomic mass is 16.5. The van der Waals surface area contributed by atoms with E-state index in [-0.39, 0.29) is 17.6 Å². The Morgan fingerprint density at radius 2 is 0.699 bits per heavy atom. The van der Waals surface area contributed by atoms with Gasteiger partial charge in [-0.2, -0.15) is 0 Å². The topological polar surface area (TPSA) is 49.7 Å². The summed E-state index contributed by atoms with van der Waals surface area (Å²) in [5.74, 6) is 10.7. The van der Waals surface area contributed by atoms with E-state index < -0.39 is 0 Å². The average Bonchev–Trinajstić information content (AvgIpc) is 3.83. The molecule has 438 valence electrons. The fourth-order valence-electron chi connectivity index (χ4n) is 13.6. The zero-order chi connectivity index (χ0) is 55.2. The predicted octanol–water partition coefficient (Wildman–Crippen LogP) is 22.3. The van der Waals surface area contributed by atoms with Gasteiger partial charge in [0.25, 0.3) is 0 Å². The van der Waals surface area contributed by atoms with E-state index in [1.165, 1.54) is 199 Å². The molecular formula is C70H140O3. The lowest BCUT2D eigenvalue weighted by atomic mass is 9.75. The van der Waals surface area contributed by atoms with Crippen molar-refractivity contribution in [2.45, 2.75) is 355 Å². The Morgan fingerprint density at radius 3 is 0.918 bits per heavy atom. The zero-order valence-electron chi connectivity index (χ0n) is 53.8. The molecule has 0 aromatic carbocycles. The van der Waals surface area contributed by atoms with E-state index in [0.717, 1.165) is 66.3 Å². The molecular weight excluding hydrogens is 889 g/mol. The zero-order valence-corrected chi connectivity index (χ0v) is 53.8. The molecule has 73 heavy (non-hydrogen) atoms. The normalized spacial score (nSPS) is 25.2. The summed E-state index contributed by atoms with van der Waals surface area (Å²) in [6.07, 6.45) is 45.7. The summed E-state index contributed by atoms with van der Waals surface area (Å²) in [5.41, 5.74) is 1.19. The largest absolute Gasteiger partial charge is 0.393 e. The molecule has 1 aliphatic heterocycles. The van der Waals surface area contributed by atoms with Gasteiger partial charge in [0.05, 0.1) is 18.3 Å². The maximum atomic E-state index is 10.0. The van der Waals surface area contributed by atoms with Gasteiger partial charge in [-0.25, -0.2) is 0 Å². The lowest BCUT2D eigenvalue weighted by Crippen LogP contribution is -2.34. The Morgan fingerprint density at radius 1 is 0.356 bits per heavy atom. The summed E-state index contributed by atoms with van der Waals surface area (Å²) in [6, 6.07) is 0. The third-order valence-corrected chi connectivity index (χ3v) is 18.6. The maximum absolute atomic E-state index is 10.0. The molecule has 0 spiro atoms. The minimum absolute atomic E-state index is 0.00463. The van der Waals surface area contributed by atoms with Crippen LogP contribution in [-0.2, 0) is 4.74 Å². The van der Waals surface area contributed by atoms with Crippen molar-refractivity contribution in [3.05, 3.63) is 0 Å². The van der Waals surface area contributed by atoms with E-state index in [4.69, 9.17) is 4.74 Å². The quantitative estimate of drug-likeness (QED) is 0.255. The van der Waals surface area contributed by atoms with Crippen molar-refractivity contribution in [2.24, 2.45) is 87.3 Å². The summed E-state index contributed by atoms with van der Waals surface area (Å²) in [6.45, 7) is 44.4. The fourth-order valence-corrected chi connectivity index (χ4v) is 13.6. The molecule has 7 aliphatic carbocycles. The molecule has 0 radical (unpaired) electrons. The molecule has 0 amide bonds. The van der Waals surface area contributed by atoms with Gasteiger partial charge < -0.3 is 14.9 Å². The third-order valence-electron chi connectivity index (χ3n) is 18.6. The lowest BCUT2D eigenvalue weighted by molar-refractivity contribution is -0.00194. The van der Waals surface area contributed by atoms with Gasteiger partial charge in [-0.05, 0) is 151 Å². The van der Waals surface area contributed by atoms with E-state index >= 15 is 0 Å². The van der Waals surface area contributed by atoms with E-state index in [9.17, 15) is 10.2 Å². The minimum atomic E-state index is -0.0993. The highest BCUT2D eigenvalue weighted by Gasteiger charge is 2.31. The third kappa shape index (κ3) is 36.6. The molecule has 4 unspecified atom stereocenters. The summed E-state index contributed by atoms with van der Waals surface area (Å²) in [4.78, 5) is 0. The van der Waals surface area contributed by atoms with Gasteiger partial charge in [0.1, 0.15) is 0 Å². The van der Waals surface area contributed by atoms with Gasteiger partial charge >= 0.3 is 0 Å². The molecule has 4 atom stereocenters. The highest BCUT2D eigenvalue weighted by molar-refractivity contribution is 4.82. The van der Waals surface area contributed by atoms with Crippen LogP contribution in [0.15, 0.2) is 0 Å². The Bertz CT molecular complexity index is 1200. The second-order valence-electron chi connectivity index (χ2n) is 31.1. The number of aliphatic hydroxyl groups is 2. The van der Waals surface area contributed by atoms with Crippen LogP contribution in [0.4, 0.5) is 0 Å². The molecule has 8 rings (SSSR count). The standard InChI is InChI=1S/C11H22O.C11H22.C10H20.C9H18.C8H16O.C8H16.C7H14O.C6H12/c1-11(2,3)10(12)9-7-5-4-6-8-9;1-11(2,3)9-10-7-5-4-6-8-10;1-10(2,3)8-9-6-4-5-7-9;1-8(2)9-6-4-3-5-7-9;1-6(2)7-4-3-5-8(7)9;1-7(2)8-5-3-4-6-8;1-6(2)7-4-3-5-8-7;1-5(2)6-3-4-6/h9-10,12H,4-8H2,1-3H3;10H,4-9H2,1-3H3;9H,4-8H2,1-3H3;8-9H,3-7H2,1-2H3;6-9H,3-5H2,1-2H3;7-8H,3-6H2,1-2H3;6-7H,3-5H2,1-2H3;5-6H,3-4H2,1-2H3. The summed E-state index contributed by atoms with van der Waals surface area (Å²) >= 11 is 0. The number of hydrogen-bond donors (Lipinski definition) is 2. The Kier molecular flexibility index (Phi) is 37.4. The average molecular weight is 1030 g/mol. The van der Waals surface area contributed by atoms with Gasteiger partial charge in [-0.15, -0.1) is 0 Å². The van der Waals surface area contributed by atoms with Gasteiger partial charge in [-0.1, -0.05) is 273 Å². The van der Waals surface area contributed by atoms with Gasteiger partial charge in [0.2, 0.25) is 0 Å². The molecule has 8 fully saturated rings. The lowest BCUT2D eigenvalue weighted by Gasteiger charge is -2.35. The van der Waals surface area contributed by atoms with Crippen molar-refractivity contribution in [1.82, 2.24) is 0 Å². The predicted molar refractivity (Wildman–Crippen MR) is 326 cm³/mol. The van der Waals surface area contributed by atoms with Crippen LogP contribution in [-0.4, -0.2) is 35.1 Å². The smallest absolute Gasteiger partial charge is 0.0616 e. The Hall–Kier alpha value is -0.120. The van der Waals surface area contributed by atoms with Crippen LogP contribution in [0.25, 0.3) is 0 Å². The van der Waals surface area contributed by atoms with Crippen molar-refractivity contribution in [2.75, 3.05) is 6.61 Å². The monoisotopic (exact) mass is 1030 g/mol. The maximum Gasteiger partial charge on any atom is 0.0616 e. The van der Waals surface area contributed by atoms with Crippen LogP contribution < -0.4 is 0 Å². The molecule has 3 nitrogen and oxygen atoms in total. The molecule has 0 bridgehead atoms. The number of rotatable bonds is 8.